The minimum atomic E-state index is -4.58. The van der Waals surface area contributed by atoms with E-state index in [0.717, 1.165) is 24.0 Å². The summed E-state index contributed by atoms with van der Waals surface area (Å²) in [5.74, 6) is -0.869. The molecule has 140 valence electrons. The number of nitrogens with zero attached hydrogens (tertiary/aromatic N) is 1. The van der Waals surface area contributed by atoms with Crippen LogP contribution in [0.4, 0.5) is 17.6 Å². The first-order chi connectivity index (χ1) is 11.0. The van der Waals surface area contributed by atoms with Crippen LogP contribution >= 0.6 is 36.2 Å². The van der Waals surface area contributed by atoms with E-state index < -0.39 is 23.6 Å². The molecule has 1 fully saturated rings. The zero-order chi connectivity index (χ0) is 16.4. The van der Waals surface area contributed by atoms with Crippen molar-refractivity contribution in [1.82, 2.24) is 10.2 Å². The minimum Gasteiger partial charge on any atom is -0.314 e. The lowest BCUT2D eigenvalue weighted by molar-refractivity contribution is -0.138. The monoisotopic (exact) mass is 416 g/mol. The molecule has 0 bridgehead atoms. The molecule has 2 heterocycles. The Labute approximate surface area is 160 Å². The molecule has 0 amide bonds. The van der Waals surface area contributed by atoms with Gasteiger partial charge in [0.1, 0.15) is 5.82 Å². The molecule has 1 N–H and O–H groups in total. The first-order valence-electron chi connectivity index (χ1n) is 7.31. The molecule has 0 aliphatic carbocycles. The van der Waals surface area contributed by atoms with E-state index in [-0.39, 0.29) is 30.4 Å². The fourth-order valence-corrected chi connectivity index (χ4v) is 3.81. The Morgan fingerprint density at radius 2 is 1.76 bits per heavy atom. The largest absolute Gasteiger partial charge is 0.416 e. The second-order valence-electron chi connectivity index (χ2n) is 5.43. The summed E-state index contributed by atoms with van der Waals surface area (Å²) in [5, 5.41) is 5.05. The maximum Gasteiger partial charge on any atom is 0.416 e. The molecule has 2 nitrogen and oxygen atoms in total. The van der Waals surface area contributed by atoms with E-state index in [0.29, 0.717) is 19.2 Å². The highest BCUT2D eigenvalue weighted by atomic mass is 35.5. The topological polar surface area (TPSA) is 15.3 Å². The summed E-state index contributed by atoms with van der Waals surface area (Å²) in [6, 6.07) is 6.12. The number of thiophene rings is 1. The minimum absolute atomic E-state index is 0. The van der Waals surface area contributed by atoms with Crippen molar-refractivity contribution in [3.05, 3.63) is 57.5 Å². The number of nitrogens with one attached hydrogen (secondary N) is 1. The van der Waals surface area contributed by atoms with Crippen LogP contribution in [0.25, 0.3) is 0 Å². The SMILES string of the molecule is Cl.Cl.Fc1ccc([C@@H](c2cccs2)N2CCNCC2)c(C(F)(F)F)c1. The third-order valence-electron chi connectivity index (χ3n) is 3.94. The fraction of sp³-hybridized carbons (Fsp3) is 0.375. The van der Waals surface area contributed by atoms with Gasteiger partial charge in [-0.2, -0.15) is 13.2 Å². The summed E-state index contributed by atoms with van der Waals surface area (Å²) in [5.41, 5.74) is -0.780. The number of alkyl halides is 3. The van der Waals surface area contributed by atoms with Gasteiger partial charge in [-0.05, 0) is 29.1 Å². The summed E-state index contributed by atoms with van der Waals surface area (Å²) >= 11 is 1.42. The van der Waals surface area contributed by atoms with Crippen molar-refractivity contribution in [2.24, 2.45) is 0 Å². The van der Waals surface area contributed by atoms with Crippen molar-refractivity contribution in [2.45, 2.75) is 12.2 Å². The van der Waals surface area contributed by atoms with E-state index >= 15 is 0 Å². The number of halogens is 6. The van der Waals surface area contributed by atoms with Crippen LogP contribution in [0.2, 0.25) is 0 Å². The van der Waals surface area contributed by atoms with Crippen LogP contribution in [0.1, 0.15) is 22.0 Å². The van der Waals surface area contributed by atoms with Crippen LogP contribution in [-0.2, 0) is 6.18 Å². The van der Waals surface area contributed by atoms with Crippen molar-refractivity contribution in [1.29, 1.82) is 0 Å². The predicted molar refractivity (Wildman–Crippen MR) is 96.5 cm³/mol. The average Bonchev–Trinajstić information content (AvgIpc) is 3.03. The lowest BCUT2D eigenvalue weighted by atomic mass is 9.96. The van der Waals surface area contributed by atoms with Gasteiger partial charge in [-0.15, -0.1) is 36.2 Å². The normalized spacial score (nSPS) is 16.6. The average molecular weight is 417 g/mol. The Kier molecular flexibility index (Phi) is 8.15. The first-order valence-corrected chi connectivity index (χ1v) is 8.19. The number of benzene rings is 1. The molecule has 1 saturated heterocycles. The Hall–Kier alpha value is -0.860. The summed E-state index contributed by atoms with van der Waals surface area (Å²) < 4.78 is 53.6. The van der Waals surface area contributed by atoms with Gasteiger partial charge in [0.2, 0.25) is 0 Å². The zero-order valence-corrected chi connectivity index (χ0v) is 15.5. The van der Waals surface area contributed by atoms with Crippen molar-refractivity contribution in [3.63, 3.8) is 0 Å². The Bertz CT molecular complexity index is 659. The van der Waals surface area contributed by atoms with Crippen LogP contribution < -0.4 is 5.32 Å². The van der Waals surface area contributed by atoms with Gasteiger partial charge >= 0.3 is 6.18 Å². The molecule has 1 atom stereocenters. The molecule has 2 aromatic rings. The van der Waals surface area contributed by atoms with Crippen LogP contribution in [0.5, 0.6) is 0 Å². The lowest BCUT2D eigenvalue weighted by Crippen LogP contribution is -2.45. The van der Waals surface area contributed by atoms with E-state index in [1.165, 1.54) is 17.4 Å². The van der Waals surface area contributed by atoms with Crippen LogP contribution in [0, 0.1) is 5.82 Å². The highest BCUT2D eigenvalue weighted by Crippen LogP contribution is 2.40. The highest BCUT2D eigenvalue weighted by Gasteiger charge is 2.38. The number of piperazine rings is 1. The Morgan fingerprint density at radius 1 is 1.08 bits per heavy atom. The summed E-state index contributed by atoms with van der Waals surface area (Å²) in [6.07, 6.45) is -4.58. The Morgan fingerprint density at radius 3 is 2.32 bits per heavy atom. The van der Waals surface area contributed by atoms with Crippen molar-refractivity contribution in [3.8, 4) is 0 Å². The molecule has 1 aromatic heterocycles. The van der Waals surface area contributed by atoms with Gasteiger partial charge in [0.05, 0.1) is 11.6 Å². The van der Waals surface area contributed by atoms with Crippen LogP contribution in [0.15, 0.2) is 35.7 Å². The van der Waals surface area contributed by atoms with Gasteiger partial charge < -0.3 is 5.32 Å². The number of rotatable bonds is 3. The summed E-state index contributed by atoms with van der Waals surface area (Å²) in [7, 11) is 0. The van der Waals surface area contributed by atoms with Gasteiger partial charge in [0.25, 0.3) is 0 Å². The van der Waals surface area contributed by atoms with Gasteiger partial charge in [-0.25, -0.2) is 4.39 Å². The molecular formula is C16H18Cl2F4N2S. The van der Waals surface area contributed by atoms with E-state index in [4.69, 9.17) is 0 Å². The summed E-state index contributed by atoms with van der Waals surface area (Å²) in [4.78, 5) is 2.86. The first kappa shape index (κ1) is 22.2. The van der Waals surface area contributed by atoms with E-state index in [2.05, 4.69) is 5.32 Å². The number of hydrogen-bond donors (Lipinski definition) is 1. The Balaban J connectivity index is 0.00000156. The maximum atomic E-state index is 13.4. The molecule has 9 heteroatoms. The molecule has 3 rings (SSSR count). The second kappa shape index (κ2) is 9.19. The molecule has 0 radical (unpaired) electrons. The van der Waals surface area contributed by atoms with Gasteiger partial charge in [0, 0.05) is 31.1 Å². The quantitative estimate of drug-likeness (QED) is 0.726. The summed E-state index contributed by atoms with van der Waals surface area (Å²) in [6.45, 7) is 2.75. The molecular weight excluding hydrogens is 399 g/mol. The highest BCUT2D eigenvalue weighted by molar-refractivity contribution is 7.10. The molecule has 25 heavy (non-hydrogen) atoms. The standard InChI is InChI=1S/C16H16F4N2S.2ClH/c17-11-3-4-12(13(10-11)16(18,19)20)15(14-2-1-9-23-14)22-7-5-21-6-8-22;;/h1-4,9-10,15,21H,5-8H2;2*1H/t15-;;/m0../s1. The molecule has 1 aliphatic heterocycles. The smallest absolute Gasteiger partial charge is 0.314 e. The lowest BCUT2D eigenvalue weighted by Gasteiger charge is -2.35. The van der Waals surface area contributed by atoms with E-state index in [1.54, 1.807) is 0 Å². The molecule has 0 unspecified atom stereocenters. The van der Waals surface area contributed by atoms with Crippen molar-refractivity contribution >= 4 is 36.2 Å². The third kappa shape index (κ3) is 5.08. The van der Waals surface area contributed by atoms with Crippen LogP contribution in [0.3, 0.4) is 0 Å². The van der Waals surface area contributed by atoms with Gasteiger partial charge in [0.15, 0.2) is 0 Å². The molecule has 1 aliphatic rings. The van der Waals surface area contributed by atoms with E-state index in [1.807, 2.05) is 22.4 Å². The van der Waals surface area contributed by atoms with Crippen LogP contribution in [-0.4, -0.2) is 31.1 Å². The molecule has 1 aromatic carbocycles. The fourth-order valence-electron chi connectivity index (χ4n) is 2.93. The zero-order valence-electron chi connectivity index (χ0n) is 13.1. The van der Waals surface area contributed by atoms with Crippen molar-refractivity contribution < 1.29 is 17.6 Å². The maximum absolute atomic E-state index is 13.4. The van der Waals surface area contributed by atoms with Gasteiger partial charge in [-0.3, -0.25) is 4.90 Å². The number of hydrogen-bond acceptors (Lipinski definition) is 3. The second-order valence-corrected chi connectivity index (χ2v) is 6.41. The van der Waals surface area contributed by atoms with Gasteiger partial charge in [-0.1, -0.05) is 12.1 Å². The third-order valence-corrected chi connectivity index (χ3v) is 4.87. The molecule has 0 spiro atoms. The van der Waals surface area contributed by atoms with E-state index in [9.17, 15) is 17.6 Å². The molecule has 0 saturated carbocycles. The van der Waals surface area contributed by atoms with Crippen molar-refractivity contribution in [2.75, 3.05) is 26.2 Å². The predicted octanol–water partition coefficient (Wildman–Crippen LogP) is 4.74.